The van der Waals surface area contributed by atoms with Crippen molar-refractivity contribution < 1.29 is 30.3 Å². The van der Waals surface area contributed by atoms with Crippen molar-refractivity contribution in [3.05, 3.63) is 167 Å². The molecule has 0 spiro atoms. The summed E-state index contributed by atoms with van der Waals surface area (Å²) in [6.07, 6.45) is 1.85. The van der Waals surface area contributed by atoms with Gasteiger partial charge in [0, 0.05) is 37.1 Å². The summed E-state index contributed by atoms with van der Waals surface area (Å²) in [7, 11) is 0. The first-order valence-corrected chi connectivity index (χ1v) is 22.5. The van der Waals surface area contributed by atoms with Crippen LogP contribution in [0.2, 0.25) is 0 Å². The zero-order chi connectivity index (χ0) is 48.6. The maximum absolute atomic E-state index is 12.0. The number of phenolic OH excluding ortho intramolecular Hbond substituents is 1. The molecular weight excluding hydrogens is 974 g/mol. The van der Waals surface area contributed by atoms with Gasteiger partial charge in [0.15, 0.2) is 0 Å². The van der Waals surface area contributed by atoms with E-state index in [1.165, 1.54) is 11.1 Å². The van der Waals surface area contributed by atoms with Crippen molar-refractivity contribution in [3.8, 4) is 67.5 Å². The number of hydrogen-bond acceptors (Lipinski definition) is 3. The molecule has 65 heavy (non-hydrogen) atoms. The standard InChI is InChI=1S/C60H64N3O.Pt/c1-37-27-40(42-30-47(59(9,10)11)35-48(31-42)60(12,13)14)23-24-52(37)63-53-22-18-21-49(54(53)62-56(63)50-36-45(57(3,4)5)28-38(2)55(50)64)43-29-44(33-46(32-43)58(6,7)8)51-34-41(25-26-61-51)39-19-16-15-17-20-39;/h15-28,30-36,64H,1-14H3;/q-1;/i1D3;. The van der Waals surface area contributed by atoms with E-state index in [9.17, 15) is 5.11 Å². The van der Waals surface area contributed by atoms with E-state index in [4.69, 9.17) is 14.1 Å². The van der Waals surface area contributed by atoms with E-state index < -0.39 is 6.85 Å². The summed E-state index contributed by atoms with van der Waals surface area (Å²) >= 11 is 0. The predicted molar refractivity (Wildman–Crippen MR) is 271 cm³/mol. The number of rotatable bonds is 6. The van der Waals surface area contributed by atoms with Crippen LogP contribution in [0.5, 0.6) is 5.75 Å². The van der Waals surface area contributed by atoms with E-state index in [1.54, 1.807) is 0 Å². The van der Waals surface area contributed by atoms with Crippen LogP contribution in [0.3, 0.4) is 0 Å². The number of hydrogen-bond donors (Lipinski definition) is 1. The molecule has 0 aliphatic heterocycles. The van der Waals surface area contributed by atoms with Crippen molar-refractivity contribution in [1.82, 2.24) is 14.5 Å². The number of aryl methyl sites for hydroxylation is 2. The molecule has 0 saturated carbocycles. The molecule has 0 fully saturated rings. The molecule has 5 heteroatoms. The van der Waals surface area contributed by atoms with Crippen molar-refractivity contribution in [1.29, 1.82) is 0 Å². The molecule has 0 aliphatic rings. The average Bonchev–Trinajstić information content (AvgIpc) is 3.65. The van der Waals surface area contributed by atoms with Gasteiger partial charge in [0.05, 0.1) is 22.3 Å². The quantitative estimate of drug-likeness (QED) is 0.169. The van der Waals surface area contributed by atoms with Crippen LogP contribution in [-0.4, -0.2) is 19.6 Å². The van der Waals surface area contributed by atoms with E-state index >= 15 is 0 Å². The molecule has 0 aliphatic carbocycles. The molecule has 0 atom stereocenters. The maximum Gasteiger partial charge on any atom is 0.148 e. The second-order valence-corrected chi connectivity index (χ2v) is 21.7. The minimum absolute atomic E-state index is 0. The summed E-state index contributed by atoms with van der Waals surface area (Å²) in [4.78, 5) is 10.3. The van der Waals surface area contributed by atoms with E-state index in [0.29, 0.717) is 33.7 Å². The van der Waals surface area contributed by atoms with Crippen LogP contribution in [0.4, 0.5) is 0 Å². The van der Waals surface area contributed by atoms with Crippen LogP contribution >= 0.6 is 0 Å². The molecule has 0 bridgehead atoms. The Balaban J connectivity index is 0.00000684. The first-order chi connectivity index (χ1) is 31.2. The van der Waals surface area contributed by atoms with Gasteiger partial charge in [-0.2, -0.15) is 0 Å². The van der Waals surface area contributed by atoms with Gasteiger partial charge in [0.2, 0.25) is 0 Å². The molecule has 0 amide bonds. The number of pyridine rings is 1. The number of nitrogens with zero attached hydrogens (tertiary/aromatic N) is 3. The Morgan fingerprint density at radius 2 is 1.14 bits per heavy atom. The fourth-order valence-corrected chi connectivity index (χ4v) is 8.37. The molecular formula is C60H64N3OPt-. The van der Waals surface area contributed by atoms with Crippen molar-refractivity contribution in [2.75, 3.05) is 0 Å². The summed E-state index contributed by atoms with van der Waals surface area (Å²) in [5.74, 6) is 0.543. The minimum Gasteiger partial charge on any atom is -0.507 e. The number of phenols is 1. The second-order valence-electron chi connectivity index (χ2n) is 21.7. The van der Waals surface area contributed by atoms with E-state index in [2.05, 4.69) is 144 Å². The second kappa shape index (κ2) is 17.3. The summed E-state index contributed by atoms with van der Waals surface area (Å²) in [5.41, 5.74) is 14.3. The Morgan fingerprint density at radius 3 is 1.77 bits per heavy atom. The molecule has 0 radical (unpaired) electrons. The number of aromatic nitrogens is 3. The molecule has 2 aromatic heterocycles. The molecule has 4 nitrogen and oxygen atoms in total. The van der Waals surface area contributed by atoms with Crippen LogP contribution < -0.4 is 0 Å². The first-order valence-electron chi connectivity index (χ1n) is 24.0. The topological polar surface area (TPSA) is 50.9 Å². The van der Waals surface area contributed by atoms with Gasteiger partial charge in [-0.05, 0) is 116 Å². The van der Waals surface area contributed by atoms with E-state index in [-0.39, 0.29) is 54.0 Å². The van der Waals surface area contributed by atoms with Crippen molar-refractivity contribution >= 4 is 11.0 Å². The van der Waals surface area contributed by atoms with Gasteiger partial charge in [0.25, 0.3) is 0 Å². The van der Waals surface area contributed by atoms with Crippen molar-refractivity contribution in [2.24, 2.45) is 0 Å². The van der Waals surface area contributed by atoms with Crippen LogP contribution in [-0.2, 0) is 42.7 Å². The number of fused-ring (bicyclic) bond motifs is 1. The van der Waals surface area contributed by atoms with E-state index in [0.717, 1.165) is 55.8 Å². The Morgan fingerprint density at radius 1 is 0.538 bits per heavy atom. The maximum atomic E-state index is 12.0. The molecule has 8 rings (SSSR count). The third kappa shape index (κ3) is 9.57. The Hall–Kier alpha value is -5.57. The minimum atomic E-state index is -2.51. The molecule has 1 N–H and O–H groups in total. The van der Waals surface area contributed by atoms with Gasteiger partial charge in [-0.3, -0.25) is 9.55 Å². The van der Waals surface area contributed by atoms with Crippen LogP contribution in [0, 0.1) is 19.8 Å². The van der Waals surface area contributed by atoms with Gasteiger partial charge in [-0.25, -0.2) is 4.98 Å². The van der Waals surface area contributed by atoms with Crippen LogP contribution in [0.25, 0.3) is 72.7 Å². The first kappa shape index (κ1) is 43.3. The summed E-state index contributed by atoms with van der Waals surface area (Å²) < 4.78 is 29.3. The fourth-order valence-electron chi connectivity index (χ4n) is 8.37. The zero-order valence-corrected chi connectivity index (χ0v) is 42.5. The normalized spacial score (nSPS) is 13.3. The summed E-state index contributed by atoms with van der Waals surface area (Å²) in [5, 5.41) is 12.0. The third-order valence-electron chi connectivity index (χ3n) is 12.5. The molecule has 8 aromatic rings. The number of aromatic hydroxyl groups is 1. The Bertz CT molecular complexity index is 3140. The monoisotopic (exact) mass is 1040 g/mol. The molecule has 6 aromatic carbocycles. The SMILES string of the molecule is [2H]C([2H])([2H])c1cc(-c2cc(C(C)(C)C)cc(C(C)(C)C)c2)ccc1-n1c(-c2cc(C(C)(C)C)cc(C)c2O)nc2c(-c3[c-]c(-c4cc(-c5ccccc5)ccn4)cc(C(C)(C)C)c3)cccc21.[Pt]. The molecule has 2 heterocycles. The molecule has 0 unspecified atom stereocenters. The van der Waals surface area contributed by atoms with Crippen LogP contribution in [0.15, 0.2) is 128 Å². The number of benzene rings is 6. The van der Waals surface area contributed by atoms with Gasteiger partial charge < -0.3 is 5.11 Å². The van der Waals surface area contributed by atoms with Crippen molar-refractivity contribution in [2.45, 2.75) is 119 Å². The molecule has 336 valence electrons. The van der Waals surface area contributed by atoms with Gasteiger partial charge >= 0.3 is 0 Å². The predicted octanol–water partition coefficient (Wildman–Crippen LogP) is 16.1. The van der Waals surface area contributed by atoms with Gasteiger partial charge in [0.1, 0.15) is 11.6 Å². The smallest absolute Gasteiger partial charge is 0.148 e. The Kier molecular flexibility index (Phi) is 11.6. The van der Waals surface area contributed by atoms with Crippen molar-refractivity contribution in [3.63, 3.8) is 0 Å². The fraction of sp³-hybridized carbons (Fsp3) is 0.300. The summed E-state index contributed by atoms with van der Waals surface area (Å²) in [6.45, 7) is 25.7. The number of imidazole rings is 1. The third-order valence-corrected chi connectivity index (χ3v) is 12.5. The molecule has 0 saturated heterocycles. The summed E-state index contributed by atoms with van der Waals surface area (Å²) in [6, 6.07) is 45.1. The van der Waals surface area contributed by atoms with Crippen LogP contribution in [0.1, 0.15) is 121 Å². The average molecular weight is 1040 g/mol. The Labute approximate surface area is 406 Å². The zero-order valence-electron chi connectivity index (χ0n) is 43.2. The number of para-hydroxylation sites is 1. The van der Waals surface area contributed by atoms with Gasteiger partial charge in [-0.15, -0.1) is 29.3 Å². The van der Waals surface area contributed by atoms with Gasteiger partial charge in [-0.1, -0.05) is 173 Å². The van der Waals surface area contributed by atoms with E-state index in [1.807, 2.05) is 84.4 Å². The largest absolute Gasteiger partial charge is 0.507 e.